The molecular formula is C18H17ClN2O7S. The van der Waals surface area contributed by atoms with E-state index >= 15 is 0 Å². The van der Waals surface area contributed by atoms with Crippen molar-refractivity contribution in [2.45, 2.75) is 24.8 Å². The third-order valence-electron chi connectivity index (χ3n) is 3.88. The Morgan fingerprint density at radius 2 is 1.66 bits per heavy atom. The molecule has 0 aliphatic heterocycles. The van der Waals surface area contributed by atoms with Crippen LogP contribution in [0.15, 0.2) is 47.4 Å². The Morgan fingerprint density at radius 1 is 1.07 bits per heavy atom. The number of aromatic carboxylic acids is 1. The number of benzene rings is 2. The van der Waals surface area contributed by atoms with Gasteiger partial charge in [-0.15, -0.1) is 0 Å². The molecule has 1 atom stereocenters. The van der Waals surface area contributed by atoms with Crippen molar-refractivity contribution in [3.8, 4) is 0 Å². The number of carbonyl (C=O) groups excluding carboxylic acids is 1. The number of sulfonamides is 1. The maximum Gasteiger partial charge on any atom is 0.337 e. The van der Waals surface area contributed by atoms with Crippen molar-refractivity contribution in [1.82, 2.24) is 0 Å². The van der Waals surface area contributed by atoms with Crippen LogP contribution in [-0.4, -0.2) is 42.5 Å². The van der Waals surface area contributed by atoms with Gasteiger partial charge in [0, 0.05) is 12.6 Å². The van der Waals surface area contributed by atoms with Crippen LogP contribution in [0.3, 0.4) is 0 Å². The van der Waals surface area contributed by atoms with Crippen LogP contribution in [-0.2, 0) is 19.6 Å². The predicted molar refractivity (Wildman–Crippen MR) is 106 cm³/mol. The number of aliphatic carboxylic acids is 1. The largest absolute Gasteiger partial charge is 0.480 e. The summed E-state index contributed by atoms with van der Waals surface area (Å²) in [6, 6.07) is 6.96. The number of rotatable bonds is 7. The fourth-order valence-corrected chi connectivity index (χ4v) is 4.32. The lowest BCUT2D eigenvalue weighted by Crippen LogP contribution is -2.43. The van der Waals surface area contributed by atoms with Crippen LogP contribution in [0.25, 0.3) is 0 Å². The standard InChI is InChI=1S/C18H17ClN2O7S/c1-10(17(23)24)21(13-5-8-16(19)15(9-13)18(25)26)29(27,28)14-6-3-12(4-7-14)20-11(2)22/h3-10H,1-2H3,(H,20,22)(H,23,24)(H,25,26). The smallest absolute Gasteiger partial charge is 0.337 e. The minimum Gasteiger partial charge on any atom is -0.480 e. The van der Waals surface area contributed by atoms with Crippen molar-refractivity contribution in [3.05, 3.63) is 53.1 Å². The zero-order chi connectivity index (χ0) is 21.9. The molecule has 9 nitrogen and oxygen atoms in total. The van der Waals surface area contributed by atoms with Crippen LogP contribution in [0.5, 0.6) is 0 Å². The molecule has 154 valence electrons. The predicted octanol–water partition coefficient (Wildman–Crippen LogP) is 2.67. The summed E-state index contributed by atoms with van der Waals surface area (Å²) in [5.74, 6) is -3.17. The molecule has 2 aromatic carbocycles. The number of hydrogen-bond donors (Lipinski definition) is 3. The molecule has 0 saturated carbocycles. The van der Waals surface area contributed by atoms with Crippen LogP contribution in [0.4, 0.5) is 11.4 Å². The summed E-state index contributed by atoms with van der Waals surface area (Å²) >= 11 is 5.83. The number of amides is 1. The molecule has 11 heteroatoms. The number of carboxylic acid groups (broad SMARTS) is 2. The third-order valence-corrected chi connectivity index (χ3v) is 6.12. The van der Waals surface area contributed by atoms with E-state index in [0.29, 0.717) is 9.99 Å². The van der Waals surface area contributed by atoms with Crippen LogP contribution >= 0.6 is 11.6 Å². The van der Waals surface area contributed by atoms with Crippen molar-refractivity contribution in [1.29, 1.82) is 0 Å². The molecule has 0 bridgehead atoms. The van der Waals surface area contributed by atoms with Gasteiger partial charge in [-0.1, -0.05) is 11.6 Å². The lowest BCUT2D eigenvalue weighted by atomic mass is 10.2. The van der Waals surface area contributed by atoms with Gasteiger partial charge in [-0.25, -0.2) is 18.0 Å². The van der Waals surface area contributed by atoms with E-state index < -0.39 is 28.0 Å². The molecule has 1 amide bonds. The van der Waals surface area contributed by atoms with Gasteiger partial charge in [0.2, 0.25) is 5.91 Å². The van der Waals surface area contributed by atoms with Gasteiger partial charge in [0.15, 0.2) is 0 Å². The first kappa shape index (κ1) is 22.2. The van der Waals surface area contributed by atoms with E-state index in [0.717, 1.165) is 13.0 Å². The average molecular weight is 441 g/mol. The quantitative estimate of drug-likeness (QED) is 0.600. The van der Waals surface area contributed by atoms with E-state index in [9.17, 15) is 33.0 Å². The van der Waals surface area contributed by atoms with Crippen molar-refractivity contribution in [3.63, 3.8) is 0 Å². The Labute approximate surface area is 171 Å². The monoisotopic (exact) mass is 440 g/mol. The molecule has 3 N–H and O–H groups in total. The highest BCUT2D eigenvalue weighted by atomic mass is 35.5. The number of carbonyl (C=O) groups is 3. The van der Waals surface area contributed by atoms with Gasteiger partial charge < -0.3 is 15.5 Å². The molecule has 2 aromatic rings. The molecule has 0 heterocycles. The van der Waals surface area contributed by atoms with Crippen LogP contribution in [0, 0.1) is 0 Å². The van der Waals surface area contributed by atoms with Gasteiger partial charge in [0.05, 0.1) is 21.2 Å². The number of nitrogens with zero attached hydrogens (tertiary/aromatic N) is 1. The molecule has 0 fully saturated rings. The topological polar surface area (TPSA) is 141 Å². The van der Waals surface area contributed by atoms with Gasteiger partial charge in [-0.3, -0.25) is 9.10 Å². The Morgan fingerprint density at radius 3 is 2.14 bits per heavy atom. The zero-order valence-electron chi connectivity index (χ0n) is 15.3. The van der Waals surface area contributed by atoms with Gasteiger partial charge >= 0.3 is 11.9 Å². The summed E-state index contributed by atoms with van der Waals surface area (Å²) in [5.41, 5.74) is -0.190. The highest BCUT2D eigenvalue weighted by molar-refractivity contribution is 7.93. The van der Waals surface area contributed by atoms with E-state index in [4.69, 9.17) is 11.6 Å². The summed E-state index contributed by atoms with van der Waals surface area (Å²) in [5, 5.41) is 21.0. The average Bonchev–Trinajstić information content (AvgIpc) is 2.62. The number of nitrogens with one attached hydrogen (secondary N) is 1. The molecular weight excluding hydrogens is 424 g/mol. The Balaban J connectivity index is 2.60. The Kier molecular flexibility index (Phi) is 6.50. The molecule has 2 rings (SSSR count). The van der Waals surface area contributed by atoms with Crippen molar-refractivity contribution >= 4 is 50.8 Å². The van der Waals surface area contributed by atoms with Gasteiger partial charge in [-0.05, 0) is 49.4 Å². The summed E-state index contributed by atoms with van der Waals surface area (Å²) in [6.07, 6.45) is 0. The fraction of sp³-hybridized carbons (Fsp3) is 0.167. The lowest BCUT2D eigenvalue weighted by Gasteiger charge is -2.28. The van der Waals surface area contributed by atoms with Crippen molar-refractivity contribution < 1.29 is 33.0 Å². The molecule has 29 heavy (non-hydrogen) atoms. The minimum atomic E-state index is -4.40. The van der Waals surface area contributed by atoms with Crippen LogP contribution in [0.1, 0.15) is 24.2 Å². The molecule has 1 unspecified atom stereocenters. The molecule has 0 saturated heterocycles. The maximum absolute atomic E-state index is 13.2. The summed E-state index contributed by atoms with van der Waals surface area (Å²) < 4.78 is 26.9. The third kappa shape index (κ3) is 4.84. The Bertz CT molecular complexity index is 1070. The lowest BCUT2D eigenvalue weighted by molar-refractivity contribution is -0.137. The SMILES string of the molecule is CC(=O)Nc1ccc(S(=O)(=O)N(c2ccc(Cl)c(C(=O)O)c2)C(C)C(=O)O)cc1. The van der Waals surface area contributed by atoms with Gasteiger partial charge in [0.1, 0.15) is 6.04 Å². The minimum absolute atomic E-state index is 0.124. The number of halogens is 1. The van der Waals surface area contributed by atoms with E-state index in [2.05, 4.69) is 5.32 Å². The van der Waals surface area contributed by atoms with E-state index in [1.165, 1.54) is 43.3 Å². The summed E-state index contributed by atoms with van der Waals surface area (Å²) in [4.78, 5) is 33.8. The fourth-order valence-electron chi connectivity index (χ4n) is 2.51. The van der Waals surface area contributed by atoms with Gasteiger partial charge in [-0.2, -0.15) is 0 Å². The molecule has 0 radical (unpaired) electrons. The van der Waals surface area contributed by atoms with Crippen LogP contribution in [0.2, 0.25) is 5.02 Å². The second-order valence-electron chi connectivity index (χ2n) is 5.99. The van der Waals surface area contributed by atoms with Crippen molar-refractivity contribution in [2.75, 3.05) is 9.62 Å². The maximum atomic E-state index is 13.2. The summed E-state index contributed by atoms with van der Waals surface area (Å²) in [7, 11) is -4.40. The van der Waals surface area contributed by atoms with Gasteiger partial charge in [0.25, 0.3) is 10.0 Å². The van der Waals surface area contributed by atoms with E-state index in [1.807, 2.05) is 0 Å². The van der Waals surface area contributed by atoms with E-state index in [-0.39, 0.29) is 27.1 Å². The first-order chi connectivity index (χ1) is 13.4. The second kappa shape index (κ2) is 8.50. The molecule has 0 aliphatic rings. The first-order valence-electron chi connectivity index (χ1n) is 8.13. The summed E-state index contributed by atoms with van der Waals surface area (Å²) in [6.45, 7) is 2.45. The van der Waals surface area contributed by atoms with E-state index in [1.54, 1.807) is 0 Å². The zero-order valence-corrected chi connectivity index (χ0v) is 16.9. The first-order valence-corrected chi connectivity index (χ1v) is 9.94. The second-order valence-corrected chi connectivity index (χ2v) is 8.21. The number of carboxylic acids is 2. The number of anilines is 2. The number of hydrogen-bond acceptors (Lipinski definition) is 5. The highest BCUT2D eigenvalue weighted by Gasteiger charge is 2.34. The molecule has 0 aromatic heterocycles. The Hall–Kier alpha value is -3.11. The normalized spacial score (nSPS) is 12.1. The van der Waals surface area contributed by atoms with Crippen LogP contribution < -0.4 is 9.62 Å². The van der Waals surface area contributed by atoms with Crippen molar-refractivity contribution in [2.24, 2.45) is 0 Å². The highest BCUT2D eigenvalue weighted by Crippen LogP contribution is 2.30. The molecule has 0 spiro atoms. The molecule has 0 aliphatic carbocycles.